The van der Waals surface area contributed by atoms with Crippen LogP contribution < -0.4 is 9.64 Å². The van der Waals surface area contributed by atoms with E-state index in [2.05, 4.69) is 0 Å². The van der Waals surface area contributed by atoms with Crippen LogP contribution in [0.15, 0.2) is 72.8 Å². The van der Waals surface area contributed by atoms with E-state index >= 15 is 0 Å². The van der Waals surface area contributed by atoms with Gasteiger partial charge in [-0.25, -0.2) is 4.98 Å². The number of aromatic nitrogens is 2. The van der Waals surface area contributed by atoms with Crippen LogP contribution >= 0.6 is 11.6 Å². The highest BCUT2D eigenvalue weighted by atomic mass is 35.5. The minimum Gasteiger partial charge on any atom is -0.489 e. The van der Waals surface area contributed by atoms with Crippen molar-refractivity contribution < 1.29 is 14.6 Å². The molecule has 1 saturated heterocycles. The highest BCUT2D eigenvalue weighted by molar-refractivity contribution is 6.32. The smallest absolute Gasteiger partial charge is 0.227 e. The molecule has 1 aliphatic rings. The van der Waals surface area contributed by atoms with Crippen molar-refractivity contribution in [1.29, 1.82) is 0 Å². The third-order valence-corrected chi connectivity index (χ3v) is 6.49. The molecule has 2 unspecified atom stereocenters. The molecule has 3 aromatic carbocycles. The van der Waals surface area contributed by atoms with Gasteiger partial charge in [0.15, 0.2) is 0 Å². The number of benzene rings is 3. The van der Waals surface area contributed by atoms with Crippen LogP contribution in [-0.2, 0) is 11.3 Å². The Bertz CT molecular complexity index is 1320. The number of aliphatic hydroxyl groups excluding tert-OH is 1. The van der Waals surface area contributed by atoms with Crippen molar-refractivity contribution in [3.63, 3.8) is 0 Å². The number of aryl methyl sites for hydroxylation is 1. The Morgan fingerprint density at radius 3 is 2.62 bits per heavy atom. The lowest BCUT2D eigenvalue weighted by atomic mass is 10.1. The Hall–Kier alpha value is -3.35. The number of hydrogen-bond acceptors (Lipinski definition) is 4. The van der Waals surface area contributed by atoms with Crippen LogP contribution in [-0.4, -0.2) is 39.8 Å². The molecular weight excluding hydrogens is 450 g/mol. The van der Waals surface area contributed by atoms with Crippen LogP contribution in [0.25, 0.3) is 11.0 Å². The lowest BCUT2D eigenvalue weighted by molar-refractivity contribution is -0.117. The van der Waals surface area contributed by atoms with Gasteiger partial charge in [0, 0.05) is 24.6 Å². The molecule has 1 fully saturated rings. The van der Waals surface area contributed by atoms with Crippen molar-refractivity contribution >= 4 is 34.2 Å². The molecule has 1 amide bonds. The number of anilines is 1. The van der Waals surface area contributed by atoms with Crippen LogP contribution in [0.4, 0.5) is 5.69 Å². The van der Waals surface area contributed by atoms with Crippen LogP contribution in [0.5, 0.6) is 5.75 Å². The molecule has 2 heterocycles. The molecule has 0 bridgehead atoms. The number of fused-ring (bicyclic) bond motifs is 1. The second-order valence-corrected chi connectivity index (χ2v) is 9.11. The normalized spacial score (nSPS) is 16.9. The van der Waals surface area contributed by atoms with Gasteiger partial charge < -0.3 is 19.3 Å². The minimum absolute atomic E-state index is 0.0714. The second kappa shape index (κ2) is 9.49. The number of ether oxygens (including phenoxy) is 1. The summed E-state index contributed by atoms with van der Waals surface area (Å²) >= 11 is 6.17. The number of imidazole rings is 1. The molecule has 1 aromatic heterocycles. The first-order chi connectivity index (χ1) is 16.5. The molecule has 2 atom stereocenters. The third-order valence-electron chi connectivity index (χ3n) is 6.18. The first-order valence-corrected chi connectivity index (χ1v) is 11.7. The SMILES string of the molecule is Cc1ccc(N2CC(c3nc4ccccc4n3CC(O)COc3ccccc3Cl)CC2=O)cc1. The fourth-order valence-electron chi connectivity index (χ4n) is 4.46. The van der Waals surface area contributed by atoms with Crippen molar-refractivity contribution in [2.24, 2.45) is 0 Å². The van der Waals surface area contributed by atoms with E-state index in [1.807, 2.05) is 77.1 Å². The quantitative estimate of drug-likeness (QED) is 0.410. The average Bonchev–Trinajstić information content (AvgIpc) is 3.40. The van der Waals surface area contributed by atoms with E-state index in [0.29, 0.717) is 30.3 Å². The van der Waals surface area contributed by atoms with Crippen LogP contribution in [0.3, 0.4) is 0 Å². The van der Waals surface area contributed by atoms with E-state index < -0.39 is 6.10 Å². The molecule has 0 spiro atoms. The molecule has 7 heteroatoms. The summed E-state index contributed by atoms with van der Waals surface area (Å²) < 4.78 is 7.77. The number of amides is 1. The fraction of sp³-hybridized carbons (Fsp3) is 0.259. The maximum atomic E-state index is 12.9. The number of nitrogens with zero attached hydrogens (tertiary/aromatic N) is 3. The lowest BCUT2D eigenvalue weighted by Gasteiger charge is -2.19. The summed E-state index contributed by atoms with van der Waals surface area (Å²) in [4.78, 5) is 19.6. The van der Waals surface area contributed by atoms with Crippen LogP contribution in [0.1, 0.15) is 23.7 Å². The molecule has 5 rings (SSSR count). The molecule has 1 aliphatic heterocycles. The van der Waals surface area contributed by atoms with Crippen LogP contribution in [0.2, 0.25) is 5.02 Å². The van der Waals surface area contributed by atoms with Gasteiger partial charge in [-0.15, -0.1) is 0 Å². The van der Waals surface area contributed by atoms with Gasteiger partial charge in [-0.3, -0.25) is 4.79 Å². The van der Waals surface area contributed by atoms with Gasteiger partial charge in [0.1, 0.15) is 24.3 Å². The number of carbonyl (C=O) groups excluding carboxylic acids is 1. The van der Waals surface area contributed by atoms with Crippen molar-refractivity contribution in [1.82, 2.24) is 9.55 Å². The Morgan fingerprint density at radius 1 is 1.09 bits per heavy atom. The average molecular weight is 476 g/mol. The largest absolute Gasteiger partial charge is 0.489 e. The topological polar surface area (TPSA) is 67.6 Å². The Balaban J connectivity index is 1.38. The van der Waals surface area contributed by atoms with Crippen molar-refractivity contribution in [2.45, 2.75) is 31.9 Å². The highest BCUT2D eigenvalue weighted by Gasteiger charge is 2.35. The first-order valence-electron chi connectivity index (χ1n) is 11.4. The number of aliphatic hydroxyl groups is 1. The molecule has 34 heavy (non-hydrogen) atoms. The maximum absolute atomic E-state index is 12.9. The summed E-state index contributed by atoms with van der Waals surface area (Å²) in [5, 5.41) is 11.3. The Morgan fingerprint density at radius 2 is 1.82 bits per heavy atom. The predicted molar refractivity (Wildman–Crippen MR) is 134 cm³/mol. The van der Waals surface area contributed by atoms with E-state index in [1.165, 1.54) is 0 Å². The van der Waals surface area contributed by atoms with E-state index in [-0.39, 0.29) is 18.4 Å². The monoisotopic (exact) mass is 475 g/mol. The molecular formula is C27H26ClN3O3. The third kappa shape index (κ3) is 4.52. The summed E-state index contributed by atoms with van der Waals surface area (Å²) in [6.45, 7) is 2.98. The number of rotatable bonds is 7. The van der Waals surface area contributed by atoms with E-state index in [4.69, 9.17) is 21.3 Å². The molecule has 0 saturated carbocycles. The maximum Gasteiger partial charge on any atom is 0.227 e. The number of para-hydroxylation sites is 3. The lowest BCUT2D eigenvalue weighted by Crippen LogP contribution is -2.26. The fourth-order valence-corrected chi connectivity index (χ4v) is 4.65. The Kier molecular flexibility index (Phi) is 6.26. The zero-order chi connectivity index (χ0) is 23.7. The summed E-state index contributed by atoms with van der Waals surface area (Å²) in [7, 11) is 0. The summed E-state index contributed by atoms with van der Waals surface area (Å²) in [6, 6.07) is 23.0. The number of halogens is 1. The number of hydrogen-bond donors (Lipinski definition) is 1. The zero-order valence-electron chi connectivity index (χ0n) is 18.9. The minimum atomic E-state index is -0.780. The predicted octanol–water partition coefficient (Wildman–Crippen LogP) is 4.96. The molecule has 4 aromatic rings. The molecule has 1 N–H and O–H groups in total. The summed E-state index contributed by atoms with van der Waals surface area (Å²) in [5.41, 5.74) is 3.82. The van der Waals surface area contributed by atoms with Crippen molar-refractivity contribution in [3.05, 3.63) is 89.2 Å². The van der Waals surface area contributed by atoms with Gasteiger partial charge in [0.05, 0.1) is 22.6 Å². The van der Waals surface area contributed by atoms with E-state index in [1.54, 1.807) is 12.1 Å². The van der Waals surface area contributed by atoms with Gasteiger partial charge in [-0.05, 0) is 43.3 Å². The summed E-state index contributed by atoms with van der Waals surface area (Å²) in [6.07, 6.45) is -0.401. The standard InChI is InChI=1S/C27H26ClN3O3/c1-18-10-12-20(13-11-18)30-15-19(14-26(30)33)27-29-23-7-3-4-8-24(23)31(27)16-21(32)17-34-25-9-5-2-6-22(25)28/h2-13,19,21,32H,14-17H2,1H3. The molecule has 0 aliphatic carbocycles. The van der Waals surface area contributed by atoms with E-state index in [0.717, 1.165) is 28.1 Å². The van der Waals surface area contributed by atoms with Gasteiger partial charge in [-0.1, -0.05) is 53.6 Å². The van der Waals surface area contributed by atoms with Gasteiger partial charge in [0.2, 0.25) is 5.91 Å². The number of carbonyl (C=O) groups is 1. The Labute approximate surface area is 203 Å². The second-order valence-electron chi connectivity index (χ2n) is 8.71. The van der Waals surface area contributed by atoms with Crippen molar-refractivity contribution in [3.8, 4) is 5.75 Å². The molecule has 0 radical (unpaired) electrons. The highest BCUT2D eigenvalue weighted by Crippen LogP contribution is 2.33. The van der Waals surface area contributed by atoms with E-state index in [9.17, 15) is 9.90 Å². The van der Waals surface area contributed by atoms with Gasteiger partial charge in [-0.2, -0.15) is 0 Å². The van der Waals surface area contributed by atoms with Gasteiger partial charge in [0.25, 0.3) is 0 Å². The zero-order valence-corrected chi connectivity index (χ0v) is 19.7. The van der Waals surface area contributed by atoms with Gasteiger partial charge >= 0.3 is 0 Å². The van der Waals surface area contributed by atoms with Crippen LogP contribution in [0, 0.1) is 6.92 Å². The molecule has 174 valence electrons. The first kappa shape index (κ1) is 22.4. The van der Waals surface area contributed by atoms with Crippen molar-refractivity contribution in [2.75, 3.05) is 18.1 Å². The molecule has 6 nitrogen and oxygen atoms in total. The summed E-state index contributed by atoms with van der Waals surface area (Å²) in [5.74, 6) is 1.35.